The fraction of sp³-hybridized carbons (Fsp3) is 0.333. The van der Waals surface area contributed by atoms with Crippen LogP contribution in [0.3, 0.4) is 0 Å². The minimum Gasteiger partial charge on any atom is -0.484 e. The van der Waals surface area contributed by atoms with Gasteiger partial charge in [-0.15, -0.1) is 0 Å². The third-order valence-corrected chi connectivity index (χ3v) is 5.64. The summed E-state index contributed by atoms with van der Waals surface area (Å²) in [5.41, 5.74) is 0.412. The molecule has 29 heavy (non-hydrogen) atoms. The smallest absolute Gasteiger partial charge is 0.416 e. The number of rotatable bonds is 3. The zero-order valence-electron chi connectivity index (χ0n) is 15.5. The Hall–Kier alpha value is -3.03. The number of para-hydroxylation sites is 1. The predicted molar refractivity (Wildman–Crippen MR) is 99.5 cm³/mol. The van der Waals surface area contributed by atoms with E-state index in [0.717, 1.165) is 23.4 Å². The van der Waals surface area contributed by atoms with E-state index in [1.165, 1.54) is 12.1 Å². The van der Waals surface area contributed by atoms with Crippen LogP contribution in [0.4, 0.5) is 18.9 Å². The molecule has 0 unspecified atom stereocenters. The van der Waals surface area contributed by atoms with E-state index in [1.807, 2.05) is 24.3 Å². The van der Waals surface area contributed by atoms with Crippen molar-refractivity contribution < 1.29 is 27.5 Å². The van der Waals surface area contributed by atoms with Crippen molar-refractivity contribution in [3.63, 3.8) is 0 Å². The molecule has 1 spiro atoms. The lowest BCUT2D eigenvalue weighted by atomic mass is 9.73. The largest absolute Gasteiger partial charge is 0.484 e. The summed E-state index contributed by atoms with van der Waals surface area (Å²) in [6.45, 7) is 0.565. The highest BCUT2D eigenvalue weighted by atomic mass is 19.4. The van der Waals surface area contributed by atoms with Gasteiger partial charge in [0.05, 0.1) is 11.0 Å². The van der Waals surface area contributed by atoms with Crippen LogP contribution in [0.2, 0.25) is 0 Å². The molecule has 0 radical (unpaired) electrons. The molecule has 0 aliphatic carbocycles. The molecular formula is C21H19F3N2O3. The van der Waals surface area contributed by atoms with E-state index in [4.69, 9.17) is 4.74 Å². The molecule has 5 nitrogen and oxygen atoms in total. The fourth-order valence-electron chi connectivity index (χ4n) is 3.98. The quantitative estimate of drug-likeness (QED) is 0.851. The third-order valence-electron chi connectivity index (χ3n) is 5.64. The number of halogens is 3. The van der Waals surface area contributed by atoms with Crippen LogP contribution in [0.1, 0.15) is 24.0 Å². The Morgan fingerprint density at radius 3 is 2.38 bits per heavy atom. The molecule has 1 fully saturated rings. The predicted octanol–water partition coefficient (Wildman–Crippen LogP) is 3.60. The number of nitrogens with one attached hydrogen (secondary N) is 1. The van der Waals surface area contributed by atoms with E-state index in [-0.39, 0.29) is 24.2 Å². The second kappa shape index (κ2) is 7.09. The highest BCUT2D eigenvalue weighted by Crippen LogP contribution is 2.44. The minimum absolute atomic E-state index is 0.0354. The summed E-state index contributed by atoms with van der Waals surface area (Å²) in [5.74, 6) is -0.0952. The van der Waals surface area contributed by atoms with Gasteiger partial charge in [-0.1, -0.05) is 18.2 Å². The molecule has 0 aromatic heterocycles. The number of nitrogens with zero attached hydrogens (tertiary/aromatic N) is 1. The van der Waals surface area contributed by atoms with E-state index < -0.39 is 17.2 Å². The van der Waals surface area contributed by atoms with Crippen LogP contribution in [-0.2, 0) is 21.2 Å². The monoisotopic (exact) mass is 404 g/mol. The lowest BCUT2D eigenvalue weighted by Crippen LogP contribution is -2.49. The van der Waals surface area contributed by atoms with Crippen molar-refractivity contribution in [3.05, 3.63) is 59.7 Å². The number of hydrogen-bond acceptors (Lipinski definition) is 3. The molecule has 1 saturated heterocycles. The second-order valence-corrected chi connectivity index (χ2v) is 7.27. The summed E-state index contributed by atoms with van der Waals surface area (Å²) in [6.07, 6.45) is -3.38. The number of ether oxygens (including phenoxy) is 1. The molecule has 2 heterocycles. The summed E-state index contributed by atoms with van der Waals surface area (Å²) in [4.78, 5) is 26.7. The van der Waals surface area contributed by atoms with Crippen molar-refractivity contribution in [3.8, 4) is 5.75 Å². The Bertz CT molecular complexity index is 933. The highest BCUT2D eigenvalue weighted by Gasteiger charge is 2.48. The van der Waals surface area contributed by atoms with E-state index in [9.17, 15) is 22.8 Å². The van der Waals surface area contributed by atoms with Gasteiger partial charge in [0.2, 0.25) is 5.91 Å². The van der Waals surface area contributed by atoms with Gasteiger partial charge in [-0.3, -0.25) is 9.59 Å². The number of anilines is 1. The lowest BCUT2D eigenvalue weighted by Gasteiger charge is -2.37. The zero-order chi connectivity index (χ0) is 20.6. The standard InChI is InChI=1S/C21H19F3N2O3/c22-21(23,24)14-5-7-15(8-6-14)29-13-18(27)26-11-9-20(10-12-26)16-3-1-2-4-17(16)25-19(20)28/h1-8H,9-13H2,(H,25,28). The van der Waals surface area contributed by atoms with Gasteiger partial charge in [-0.2, -0.15) is 13.2 Å². The molecule has 0 bridgehead atoms. The van der Waals surface area contributed by atoms with Crippen LogP contribution in [0.5, 0.6) is 5.75 Å². The Labute approximate surface area is 165 Å². The SMILES string of the molecule is O=C(COc1ccc(C(F)(F)F)cc1)N1CCC2(CC1)C(=O)Nc1ccccc12. The van der Waals surface area contributed by atoms with Gasteiger partial charge in [0.15, 0.2) is 6.61 Å². The first-order chi connectivity index (χ1) is 13.8. The molecule has 0 saturated carbocycles. The van der Waals surface area contributed by atoms with Gasteiger partial charge in [0.25, 0.3) is 5.91 Å². The number of alkyl halides is 3. The first-order valence-corrected chi connectivity index (χ1v) is 9.28. The first kappa shape index (κ1) is 19.3. The average Bonchev–Trinajstić information content (AvgIpc) is 2.98. The van der Waals surface area contributed by atoms with Crippen LogP contribution in [0.15, 0.2) is 48.5 Å². The Balaban J connectivity index is 1.35. The van der Waals surface area contributed by atoms with Gasteiger partial charge in [0, 0.05) is 18.8 Å². The Morgan fingerprint density at radius 2 is 1.72 bits per heavy atom. The normalized spacial score (nSPS) is 17.8. The minimum atomic E-state index is -4.41. The Kier molecular flexibility index (Phi) is 4.72. The number of carbonyl (C=O) groups is 2. The molecule has 1 N–H and O–H groups in total. The molecule has 0 atom stereocenters. The van der Waals surface area contributed by atoms with Gasteiger partial charge in [-0.25, -0.2) is 0 Å². The average molecular weight is 404 g/mol. The van der Waals surface area contributed by atoms with Crippen molar-refractivity contribution in [2.75, 3.05) is 25.0 Å². The molecule has 2 aliphatic heterocycles. The van der Waals surface area contributed by atoms with Crippen LogP contribution < -0.4 is 10.1 Å². The molecule has 2 aromatic carbocycles. The number of amides is 2. The molecule has 2 aromatic rings. The first-order valence-electron chi connectivity index (χ1n) is 9.28. The number of likely N-dealkylation sites (tertiary alicyclic amines) is 1. The Morgan fingerprint density at radius 1 is 1.07 bits per heavy atom. The topological polar surface area (TPSA) is 58.6 Å². The summed E-state index contributed by atoms with van der Waals surface area (Å²) >= 11 is 0. The van der Waals surface area contributed by atoms with Crippen molar-refractivity contribution in [2.24, 2.45) is 0 Å². The van der Waals surface area contributed by atoms with Gasteiger partial charge in [-0.05, 0) is 48.7 Å². The summed E-state index contributed by atoms with van der Waals surface area (Å²) in [5, 5.41) is 2.92. The van der Waals surface area contributed by atoms with Gasteiger partial charge in [0.1, 0.15) is 5.75 Å². The number of fused-ring (bicyclic) bond motifs is 2. The maximum Gasteiger partial charge on any atom is 0.416 e. The van der Waals surface area contributed by atoms with E-state index in [2.05, 4.69) is 5.32 Å². The van der Waals surface area contributed by atoms with Crippen molar-refractivity contribution in [1.82, 2.24) is 4.90 Å². The van der Waals surface area contributed by atoms with Crippen LogP contribution in [0, 0.1) is 0 Å². The molecule has 4 rings (SSSR count). The van der Waals surface area contributed by atoms with Gasteiger partial charge < -0.3 is 15.0 Å². The van der Waals surface area contributed by atoms with E-state index in [1.54, 1.807) is 4.90 Å². The number of piperidine rings is 1. The molecule has 152 valence electrons. The maximum atomic E-state index is 12.6. The van der Waals surface area contributed by atoms with Crippen LogP contribution >= 0.6 is 0 Å². The van der Waals surface area contributed by atoms with Crippen molar-refractivity contribution in [1.29, 1.82) is 0 Å². The van der Waals surface area contributed by atoms with Crippen LogP contribution in [-0.4, -0.2) is 36.4 Å². The summed E-state index contributed by atoms with van der Waals surface area (Å²) in [7, 11) is 0. The third kappa shape index (κ3) is 3.54. The molecular weight excluding hydrogens is 385 g/mol. The number of hydrogen-bond donors (Lipinski definition) is 1. The van der Waals surface area contributed by atoms with Gasteiger partial charge >= 0.3 is 6.18 Å². The molecule has 2 amide bonds. The summed E-state index contributed by atoms with van der Waals surface area (Å²) < 4.78 is 43.1. The highest BCUT2D eigenvalue weighted by molar-refractivity contribution is 6.06. The maximum absolute atomic E-state index is 12.6. The van der Waals surface area contributed by atoms with E-state index in [0.29, 0.717) is 25.9 Å². The molecule has 2 aliphatic rings. The zero-order valence-corrected chi connectivity index (χ0v) is 15.5. The number of benzene rings is 2. The summed E-state index contributed by atoms with van der Waals surface area (Å²) in [6, 6.07) is 11.8. The lowest BCUT2D eigenvalue weighted by molar-refractivity contribution is -0.138. The second-order valence-electron chi connectivity index (χ2n) is 7.27. The fourth-order valence-corrected chi connectivity index (χ4v) is 3.98. The van der Waals surface area contributed by atoms with Crippen molar-refractivity contribution in [2.45, 2.75) is 24.4 Å². The van der Waals surface area contributed by atoms with E-state index >= 15 is 0 Å². The molecule has 8 heteroatoms. The number of carbonyl (C=O) groups excluding carboxylic acids is 2. The van der Waals surface area contributed by atoms with Crippen LogP contribution in [0.25, 0.3) is 0 Å². The van der Waals surface area contributed by atoms with Crippen molar-refractivity contribution >= 4 is 17.5 Å².